The van der Waals surface area contributed by atoms with Gasteiger partial charge in [0.15, 0.2) is 0 Å². The number of rotatable bonds is 6. The number of carbonyl (C=O) groups excluding carboxylic acids is 1. The van der Waals surface area contributed by atoms with Crippen molar-refractivity contribution in [3.05, 3.63) is 71.3 Å². The number of ether oxygens (including phenoxy) is 2. The van der Waals surface area contributed by atoms with E-state index in [0.29, 0.717) is 30.7 Å². The summed E-state index contributed by atoms with van der Waals surface area (Å²) in [7, 11) is 1.63. The molecule has 0 spiro atoms. The van der Waals surface area contributed by atoms with E-state index in [0.717, 1.165) is 37.9 Å². The van der Waals surface area contributed by atoms with E-state index in [2.05, 4.69) is 40.2 Å². The highest BCUT2D eigenvalue weighted by molar-refractivity contribution is 6.01. The molecular weight excluding hydrogens is 364 g/mol. The first-order chi connectivity index (χ1) is 14.2. The zero-order valence-electron chi connectivity index (χ0n) is 17.3. The molecule has 1 fully saturated rings. The van der Waals surface area contributed by atoms with Gasteiger partial charge in [0.25, 0.3) is 11.9 Å². The van der Waals surface area contributed by atoms with Crippen LogP contribution < -0.4 is 0 Å². The fourth-order valence-electron chi connectivity index (χ4n) is 3.62. The van der Waals surface area contributed by atoms with Crippen LogP contribution in [0, 0.1) is 12.8 Å². The Kier molecular flexibility index (Phi) is 7.82. The molecule has 1 aliphatic heterocycles. The molecule has 5 heteroatoms. The Morgan fingerprint density at radius 3 is 2.52 bits per heavy atom. The highest BCUT2D eigenvalue weighted by Crippen LogP contribution is 2.22. The number of nitrogens with zero attached hydrogens (tertiary/aromatic N) is 2. The highest BCUT2D eigenvalue weighted by atomic mass is 16.5. The average molecular weight is 395 g/mol. The van der Waals surface area contributed by atoms with Crippen LogP contribution in [0.1, 0.15) is 34.3 Å². The molecule has 29 heavy (non-hydrogen) atoms. The molecule has 2 aromatic carbocycles. The van der Waals surface area contributed by atoms with Gasteiger partial charge in [0, 0.05) is 25.8 Å². The van der Waals surface area contributed by atoms with Gasteiger partial charge in [-0.2, -0.15) is 4.99 Å². The lowest BCUT2D eigenvalue weighted by atomic mass is 9.90. The number of amidine groups is 1. The molecule has 0 aliphatic carbocycles. The van der Waals surface area contributed by atoms with E-state index in [1.165, 1.54) is 5.56 Å². The smallest absolute Gasteiger partial charge is 0.295 e. The van der Waals surface area contributed by atoms with E-state index in [-0.39, 0.29) is 5.91 Å². The Bertz CT molecular complexity index is 812. The summed E-state index contributed by atoms with van der Waals surface area (Å²) in [4.78, 5) is 19.1. The number of carbonyl (C=O) groups is 1. The topological polar surface area (TPSA) is 51.1 Å². The van der Waals surface area contributed by atoms with Crippen LogP contribution in [0.3, 0.4) is 0 Å². The van der Waals surface area contributed by atoms with E-state index in [1.807, 2.05) is 25.1 Å². The van der Waals surface area contributed by atoms with E-state index in [1.54, 1.807) is 13.2 Å². The third-order valence-corrected chi connectivity index (χ3v) is 5.23. The van der Waals surface area contributed by atoms with Crippen LogP contribution in [0.5, 0.6) is 0 Å². The van der Waals surface area contributed by atoms with Crippen molar-refractivity contribution in [3.63, 3.8) is 0 Å². The van der Waals surface area contributed by atoms with Gasteiger partial charge in [-0.3, -0.25) is 4.79 Å². The first kappa shape index (κ1) is 21.1. The van der Waals surface area contributed by atoms with Gasteiger partial charge in [-0.05, 0) is 49.8 Å². The van der Waals surface area contributed by atoms with Crippen molar-refractivity contribution in [2.75, 3.05) is 33.4 Å². The second kappa shape index (κ2) is 10.8. The second-order valence-electron chi connectivity index (χ2n) is 7.53. The molecule has 3 rings (SSSR count). The van der Waals surface area contributed by atoms with Crippen LogP contribution in [-0.2, 0) is 15.9 Å². The number of benzene rings is 2. The Balaban J connectivity index is 1.64. The second-order valence-corrected chi connectivity index (χ2v) is 7.53. The predicted octanol–water partition coefficient (Wildman–Crippen LogP) is 4.11. The fraction of sp³-hybridized carbons (Fsp3) is 0.417. The van der Waals surface area contributed by atoms with Crippen molar-refractivity contribution in [2.24, 2.45) is 10.9 Å². The Labute approximate surface area is 173 Å². The van der Waals surface area contributed by atoms with Crippen molar-refractivity contribution in [2.45, 2.75) is 26.2 Å². The SMILES string of the molecule is COCCOC(=NC(=O)c1cccc(C)c1)N1CCC(Cc2ccccc2)CC1. The summed E-state index contributed by atoms with van der Waals surface area (Å²) < 4.78 is 10.9. The molecule has 154 valence electrons. The van der Waals surface area contributed by atoms with Crippen LogP contribution in [-0.4, -0.2) is 50.2 Å². The first-order valence-corrected chi connectivity index (χ1v) is 10.3. The fourth-order valence-corrected chi connectivity index (χ4v) is 3.62. The summed E-state index contributed by atoms with van der Waals surface area (Å²) in [5.41, 5.74) is 3.00. The molecule has 0 aromatic heterocycles. The normalized spacial score (nSPS) is 15.4. The van der Waals surface area contributed by atoms with Crippen LogP contribution in [0.25, 0.3) is 0 Å². The van der Waals surface area contributed by atoms with E-state index < -0.39 is 0 Å². The summed E-state index contributed by atoms with van der Waals surface area (Å²) >= 11 is 0. The van der Waals surface area contributed by atoms with Gasteiger partial charge >= 0.3 is 0 Å². The molecule has 2 aromatic rings. The summed E-state index contributed by atoms with van der Waals surface area (Å²) in [6.45, 7) is 4.48. The summed E-state index contributed by atoms with van der Waals surface area (Å²) in [6, 6.07) is 18.5. The minimum atomic E-state index is -0.271. The number of aryl methyl sites for hydroxylation is 1. The third kappa shape index (κ3) is 6.43. The minimum Gasteiger partial charge on any atom is -0.462 e. The van der Waals surface area contributed by atoms with Crippen LogP contribution in [0.15, 0.2) is 59.6 Å². The maximum Gasteiger partial charge on any atom is 0.295 e. The number of likely N-dealkylation sites (tertiary alicyclic amines) is 1. The molecule has 0 saturated carbocycles. The Hall–Kier alpha value is -2.66. The predicted molar refractivity (Wildman–Crippen MR) is 115 cm³/mol. The number of piperidine rings is 1. The molecule has 1 heterocycles. The summed E-state index contributed by atoms with van der Waals surface area (Å²) in [5, 5.41) is 0. The number of aliphatic imine (C=N–C) groups is 1. The number of amides is 1. The zero-order valence-corrected chi connectivity index (χ0v) is 17.3. The van der Waals surface area contributed by atoms with Crippen LogP contribution >= 0.6 is 0 Å². The first-order valence-electron chi connectivity index (χ1n) is 10.3. The van der Waals surface area contributed by atoms with E-state index >= 15 is 0 Å². The van der Waals surface area contributed by atoms with Gasteiger partial charge in [0.1, 0.15) is 6.61 Å². The molecule has 5 nitrogen and oxygen atoms in total. The average Bonchev–Trinajstić information content (AvgIpc) is 2.74. The van der Waals surface area contributed by atoms with Crippen molar-refractivity contribution in [3.8, 4) is 0 Å². The quantitative estimate of drug-likeness (QED) is 0.420. The van der Waals surface area contributed by atoms with Gasteiger partial charge < -0.3 is 14.4 Å². The molecule has 1 saturated heterocycles. The Morgan fingerprint density at radius 1 is 1.07 bits per heavy atom. The van der Waals surface area contributed by atoms with E-state index in [9.17, 15) is 4.79 Å². The molecule has 0 bridgehead atoms. The van der Waals surface area contributed by atoms with Crippen molar-refractivity contribution >= 4 is 11.9 Å². The Morgan fingerprint density at radius 2 is 1.83 bits per heavy atom. The maximum atomic E-state index is 12.7. The molecule has 0 atom stereocenters. The van der Waals surface area contributed by atoms with Gasteiger partial charge in [-0.15, -0.1) is 0 Å². The highest BCUT2D eigenvalue weighted by Gasteiger charge is 2.24. The molecular formula is C24H30N2O3. The lowest BCUT2D eigenvalue weighted by molar-refractivity contribution is 0.0973. The minimum absolute atomic E-state index is 0.271. The monoisotopic (exact) mass is 394 g/mol. The zero-order chi connectivity index (χ0) is 20.5. The summed E-state index contributed by atoms with van der Waals surface area (Å²) in [6.07, 6.45) is 3.20. The molecule has 0 radical (unpaired) electrons. The summed E-state index contributed by atoms with van der Waals surface area (Å²) in [5.74, 6) is 0.369. The van der Waals surface area contributed by atoms with Crippen LogP contribution in [0.2, 0.25) is 0 Å². The van der Waals surface area contributed by atoms with Crippen molar-refractivity contribution in [1.29, 1.82) is 0 Å². The van der Waals surface area contributed by atoms with E-state index in [4.69, 9.17) is 9.47 Å². The van der Waals surface area contributed by atoms with Crippen LogP contribution in [0.4, 0.5) is 0 Å². The third-order valence-electron chi connectivity index (χ3n) is 5.23. The van der Waals surface area contributed by atoms with Gasteiger partial charge in [-0.25, -0.2) is 0 Å². The molecule has 1 amide bonds. The number of hydrogen-bond acceptors (Lipinski definition) is 3. The van der Waals surface area contributed by atoms with Crippen molar-refractivity contribution in [1.82, 2.24) is 4.90 Å². The molecule has 1 aliphatic rings. The lowest BCUT2D eigenvalue weighted by Crippen LogP contribution is -2.41. The van der Waals surface area contributed by atoms with Gasteiger partial charge in [0.05, 0.1) is 6.61 Å². The maximum absolute atomic E-state index is 12.7. The van der Waals surface area contributed by atoms with Crippen molar-refractivity contribution < 1.29 is 14.3 Å². The molecule has 0 unspecified atom stereocenters. The van der Waals surface area contributed by atoms with Gasteiger partial charge in [0.2, 0.25) is 0 Å². The molecule has 0 N–H and O–H groups in total. The lowest BCUT2D eigenvalue weighted by Gasteiger charge is -2.33. The van der Waals surface area contributed by atoms with Gasteiger partial charge in [-0.1, -0.05) is 48.0 Å². The number of methoxy groups -OCH3 is 1. The standard InChI is InChI=1S/C24H30N2O3/c1-19-7-6-10-22(17-19)23(27)25-24(29-16-15-28-2)26-13-11-21(12-14-26)18-20-8-4-3-5-9-20/h3-10,17,21H,11-16,18H2,1-2H3. The largest absolute Gasteiger partial charge is 0.462 e. The number of hydrogen-bond donors (Lipinski definition) is 0.